The van der Waals surface area contributed by atoms with E-state index in [-0.39, 0.29) is 68.2 Å². The first-order valence-electron chi connectivity index (χ1n) is 5.74. The first-order valence-corrected chi connectivity index (χ1v) is 5.74. The van der Waals surface area contributed by atoms with Crippen LogP contribution in [0.4, 0.5) is 0 Å². The molecule has 0 aromatic rings. The summed E-state index contributed by atoms with van der Waals surface area (Å²) in [6.07, 6.45) is 0. The van der Waals surface area contributed by atoms with E-state index in [0.29, 0.717) is 11.8 Å². The van der Waals surface area contributed by atoms with Crippen molar-refractivity contribution in [2.75, 3.05) is 0 Å². The number of carbonyl (C=O) groups is 2. The van der Waals surface area contributed by atoms with Gasteiger partial charge < -0.3 is 14.9 Å². The number of fused-ring (bicyclic) bond motifs is 1. The quantitative estimate of drug-likeness (QED) is 0.644. The summed E-state index contributed by atoms with van der Waals surface area (Å²) in [6.45, 7) is 8.52. The minimum absolute atomic E-state index is 0. The van der Waals surface area contributed by atoms with Crippen molar-refractivity contribution < 1.29 is 42.3 Å². The van der Waals surface area contributed by atoms with E-state index in [1.165, 1.54) is 0 Å². The van der Waals surface area contributed by atoms with Crippen molar-refractivity contribution in [2.24, 2.45) is 35.5 Å². The van der Waals surface area contributed by atoms with E-state index in [1.54, 1.807) is 0 Å². The summed E-state index contributed by atoms with van der Waals surface area (Å²) < 4.78 is 0. The van der Waals surface area contributed by atoms with E-state index in [1.807, 2.05) is 0 Å². The maximum absolute atomic E-state index is 11.6. The zero-order valence-electron chi connectivity index (χ0n) is 10.3. The molecule has 0 bridgehead atoms. The van der Waals surface area contributed by atoms with Crippen molar-refractivity contribution in [1.29, 1.82) is 0 Å². The first-order chi connectivity index (χ1) is 6.95. The number of hydrogen-bond acceptors (Lipinski definition) is 2. The van der Waals surface area contributed by atoms with E-state index >= 15 is 0 Å². The number of hydrogen-bond donors (Lipinski definition) is 0. The first kappa shape index (κ1) is 14.3. The molecule has 1 aliphatic heterocycles. The second-order valence-electron chi connectivity index (χ2n) is 5.28. The van der Waals surface area contributed by atoms with E-state index in [2.05, 4.69) is 33.0 Å². The summed E-state index contributed by atoms with van der Waals surface area (Å²) in [5, 5.41) is 3.63. The van der Waals surface area contributed by atoms with Gasteiger partial charge in [0.25, 0.3) is 0 Å². The van der Waals surface area contributed by atoms with Crippen molar-refractivity contribution in [3.8, 4) is 0 Å². The van der Waals surface area contributed by atoms with Crippen LogP contribution in [0.3, 0.4) is 0 Å². The van der Waals surface area contributed by atoms with Gasteiger partial charge in [-0.25, -0.2) is 0 Å². The molecule has 6 atom stereocenters. The van der Waals surface area contributed by atoms with Crippen LogP contribution in [0.1, 0.15) is 27.7 Å². The molecule has 1 saturated heterocycles. The topological polar surface area (TPSA) is 48.2 Å². The fourth-order valence-corrected chi connectivity index (χ4v) is 3.28. The van der Waals surface area contributed by atoms with Crippen molar-refractivity contribution >= 4 is 11.8 Å². The number of amides is 2. The molecule has 0 aromatic carbocycles. The van der Waals surface area contributed by atoms with E-state index in [4.69, 9.17) is 0 Å². The van der Waals surface area contributed by atoms with Gasteiger partial charge in [-0.2, -0.15) is 0 Å². The van der Waals surface area contributed by atoms with Gasteiger partial charge in [-0.15, -0.1) is 0 Å². The van der Waals surface area contributed by atoms with Crippen LogP contribution in [0.5, 0.6) is 0 Å². The smallest absolute Gasteiger partial charge is 0.0606 e. The minimum atomic E-state index is -0.178. The average Bonchev–Trinajstić information content (AvgIpc) is 2.47. The Hall–Kier alpha value is 0.244. The Labute approximate surface area is 122 Å². The molecule has 16 heavy (non-hydrogen) atoms. The molecule has 1 radical (unpaired) electrons. The van der Waals surface area contributed by atoms with Crippen LogP contribution in [0.15, 0.2) is 0 Å². The molecule has 2 fully saturated rings. The molecule has 3 nitrogen and oxygen atoms in total. The summed E-state index contributed by atoms with van der Waals surface area (Å²) in [5.74, 6) is 0.911. The molecule has 1 heterocycles. The Bertz CT molecular complexity index is 288. The predicted molar refractivity (Wildman–Crippen MR) is 57.0 cm³/mol. The van der Waals surface area contributed by atoms with Crippen LogP contribution >= 0.6 is 0 Å². The summed E-state index contributed by atoms with van der Waals surface area (Å²) in [4.78, 5) is 23.3. The van der Waals surface area contributed by atoms with E-state index in [9.17, 15) is 9.59 Å². The molecule has 0 N–H and O–H groups in total. The number of carbonyl (C=O) groups excluding carboxylic acids is 2. The van der Waals surface area contributed by atoms with Gasteiger partial charge in [0.2, 0.25) is 0 Å². The van der Waals surface area contributed by atoms with E-state index in [0.717, 1.165) is 0 Å². The third-order valence-electron chi connectivity index (χ3n) is 4.80. The minimum Gasteiger partial charge on any atom is -0.595 e. The zero-order chi connectivity index (χ0) is 11.3. The summed E-state index contributed by atoms with van der Waals surface area (Å²) >= 11 is 0. The molecule has 0 aromatic heterocycles. The molecule has 4 heteroatoms. The number of imide groups is 1. The van der Waals surface area contributed by atoms with Crippen LogP contribution in [0.2, 0.25) is 0 Å². The van der Waals surface area contributed by atoms with Gasteiger partial charge in [-0.1, -0.05) is 27.7 Å². The van der Waals surface area contributed by atoms with Crippen molar-refractivity contribution in [3.63, 3.8) is 0 Å². The molecule has 87 valence electrons. The van der Waals surface area contributed by atoms with E-state index < -0.39 is 0 Å². The second-order valence-corrected chi connectivity index (χ2v) is 5.28. The van der Waals surface area contributed by atoms with Gasteiger partial charge >= 0.3 is 0 Å². The molecule has 6 unspecified atom stereocenters. The molecule has 1 aliphatic carbocycles. The Morgan fingerprint density at radius 1 is 0.750 bits per heavy atom. The monoisotopic (exact) mass is 297 g/mol. The van der Waals surface area contributed by atoms with Gasteiger partial charge in [-0.05, 0) is 23.7 Å². The molecule has 2 aliphatic rings. The van der Waals surface area contributed by atoms with Crippen molar-refractivity contribution in [2.45, 2.75) is 27.7 Å². The van der Waals surface area contributed by atoms with Gasteiger partial charge in [0.15, 0.2) is 0 Å². The normalized spacial score (nSPS) is 47.0. The third kappa shape index (κ3) is 1.90. The van der Waals surface area contributed by atoms with Crippen molar-refractivity contribution in [3.05, 3.63) is 5.32 Å². The fourth-order valence-electron chi connectivity index (χ4n) is 3.28. The van der Waals surface area contributed by atoms with Crippen molar-refractivity contribution in [1.82, 2.24) is 0 Å². The summed E-state index contributed by atoms with van der Waals surface area (Å²) in [6, 6.07) is 0. The van der Waals surface area contributed by atoms with Crippen LogP contribution in [0.25, 0.3) is 5.32 Å². The van der Waals surface area contributed by atoms with Crippen LogP contribution in [-0.2, 0) is 42.3 Å². The Morgan fingerprint density at radius 2 is 1.06 bits per heavy atom. The molecule has 1 saturated carbocycles. The fraction of sp³-hybridized carbons (Fsp3) is 0.833. The maximum Gasteiger partial charge on any atom is 0.0606 e. The van der Waals surface area contributed by atoms with Crippen LogP contribution < -0.4 is 0 Å². The largest absolute Gasteiger partial charge is 0.595 e. The summed E-state index contributed by atoms with van der Waals surface area (Å²) in [5.41, 5.74) is 0. The van der Waals surface area contributed by atoms with Gasteiger partial charge in [0, 0.05) is 44.5 Å². The summed E-state index contributed by atoms with van der Waals surface area (Å²) in [7, 11) is 0. The maximum atomic E-state index is 11.6. The Morgan fingerprint density at radius 3 is 1.38 bits per heavy atom. The molecular formula is C12H18NO2Y-. The third-order valence-corrected chi connectivity index (χ3v) is 4.80. The SMILES string of the molecule is CC1C(C)C(C)C2C(=O)[N-]C(=O)C2C1C.[Y]. The average molecular weight is 297 g/mol. The predicted octanol–water partition coefficient (Wildman–Crippen LogP) is 2.21. The zero-order valence-corrected chi connectivity index (χ0v) is 13.1. The molecule has 2 amide bonds. The number of rotatable bonds is 0. The number of nitrogens with zero attached hydrogens (tertiary/aromatic N) is 1. The van der Waals surface area contributed by atoms with Crippen LogP contribution in [-0.4, -0.2) is 11.8 Å². The van der Waals surface area contributed by atoms with Crippen LogP contribution in [0, 0.1) is 35.5 Å². The molecule has 2 rings (SSSR count). The Balaban J connectivity index is 0.00000128. The van der Waals surface area contributed by atoms with Gasteiger partial charge in [0.05, 0.1) is 11.8 Å². The second kappa shape index (κ2) is 4.85. The molecular weight excluding hydrogens is 279 g/mol. The van der Waals surface area contributed by atoms with Gasteiger partial charge in [-0.3, -0.25) is 0 Å². The van der Waals surface area contributed by atoms with Gasteiger partial charge in [0.1, 0.15) is 0 Å². The standard InChI is InChI=1S/C12H19NO2.Y/c1-5-6(2)8(4)10-9(7(5)3)11(14)13-12(10)15;/h5-10H,1-4H3,(H,13,14,15);/p-1. The molecule has 0 spiro atoms. The Kier molecular flexibility index (Phi) is 4.34.